The number of amides is 1. The number of aromatic nitrogens is 2. The molecule has 0 saturated carbocycles. The molecule has 0 unspecified atom stereocenters. The molecule has 1 atom stereocenters. The van der Waals surface area contributed by atoms with Gasteiger partial charge in [0, 0.05) is 18.5 Å². The summed E-state index contributed by atoms with van der Waals surface area (Å²) < 4.78 is 10.7. The van der Waals surface area contributed by atoms with Gasteiger partial charge in [-0.25, -0.2) is 0 Å². The highest BCUT2D eigenvalue weighted by Gasteiger charge is 2.33. The second kappa shape index (κ2) is 8.14. The molecule has 0 radical (unpaired) electrons. The third-order valence-electron chi connectivity index (χ3n) is 4.62. The summed E-state index contributed by atoms with van der Waals surface area (Å²) in [6, 6.07) is 7.46. The van der Waals surface area contributed by atoms with Crippen LogP contribution in [0.25, 0.3) is 11.4 Å². The molecule has 0 aliphatic carbocycles. The zero-order chi connectivity index (χ0) is 17.6. The molecule has 134 valence electrons. The van der Waals surface area contributed by atoms with Crippen LogP contribution in [0.4, 0.5) is 0 Å². The van der Waals surface area contributed by atoms with Crippen LogP contribution in [-0.4, -0.2) is 34.6 Å². The molecule has 0 N–H and O–H groups in total. The van der Waals surface area contributed by atoms with Crippen molar-refractivity contribution in [2.45, 2.75) is 51.5 Å². The fourth-order valence-electron chi connectivity index (χ4n) is 3.24. The molecule has 0 spiro atoms. The van der Waals surface area contributed by atoms with E-state index in [1.165, 1.54) is 0 Å². The van der Waals surface area contributed by atoms with Crippen molar-refractivity contribution in [3.63, 3.8) is 0 Å². The lowest BCUT2D eigenvalue weighted by molar-refractivity contribution is -0.132. The summed E-state index contributed by atoms with van der Waals surface area (Å²) in [5, 5.41) is 4.10. The molecule has 1 aliphatic rings. The number of benzene rings is 1. The number of carbonyl (C=O) groups excluding carboxylic acids is 1. The molecule has 1 fully saturated rings. The topological polar surface area (TPSA) is 68.5 Å². The average molecular weight is 343 g/mol. The minimum atomic E-state index is -0.0963. The summed E-state index contributed by atoms with van der Waals surface area (Å²) in [4.78, 5) is 18.9. The Bertz CT molecular complexity index is 713. The van der Waals surface area contributed by atoms with Gasteiger partial charge in [-0.15, -0.1) is 0 Å². The van der Waals surface area contributed by atoms with E-state index in [1.54, 1.807) is 7.11 Å². The lowest BCUT2D eigenvalue weighted by Gasteiger charge is -2.21. The van der Waals surface area contributed by atoms with E-state index in [2.05, 4.69) is 17.1 Å². The number of unbranched alkanes of at least 4 members (excludes halogenated alkanes) is 2. The van der Waals surface area contributed by atoms with Crippen molar-refractivity contribution in [2.24, 2.45) is 0 Å². The van der Waals surface area contributed by atoms with Crippen LogP contribution in [0.15, 0.2) is 28.8 Å². The van der Waals surface area contributed by atoms with Gasteiger partial charge < -0.3 is 14.2 Å². The van der Waals surface area contributed by atoms with Crippen molar-refractivity contribution in [1.82, 2.24) is 15.0 Å². The number of methoxy groups -OCH3 is 1. The number of likely N-dealkylation sites (tertiary alicyclic amines) is 1. The molecule has 25 heavy (non-hydrogen) atoms. The fraction of sp³-hybridized carbons (Fsp3) is 0.526. The zero-order valence-corrected chi connectivity index (χ0v) is 14.9. The van der Waals surface area contributed by atoms with Crippen LogP contribution in [-0.2, 0) is 4.79 Å². The summed E-state index contributed by atoms with van der Waals surface area (Å²) in [5.74, 6) is 1.99. The summed E-state index contributed by atoms with van der Waals surface area (Å²) in [6.45, 7) is 2.91. The smallest absolute Gasteiger partial charge is 0.249 e. The van der Waals surface area contributed by atoms with Gasteiger partial charge in [0.1, 0.15) is 11.8 Å². The van der Waals surface area contributed by atoms with Crippen molar-refractivity contribution >= 4 is 5.91 Å². The molecular weight excluding hydrogens is 318 g/mol. The van der Waals surface area contributed by atoms with Crippen molar-refractivity contribution in [2.75, 3.05) is 13.7 Å². The number of ether oxygens (including phenoxy) is 1. The summed E-state index contributed by atoms with van der Waals surface area (Å²) in [7, 11) is 1.63. The Hall–Kier alpha value is -2.37. The molecule has 1 aliphatic heterocycles. The Labute approximate surface area is 148 Å². The average Bonchev–Trinajstić information content (AvgIpc) is 3.31. The molecule has 1 saturated heterocycles. The van der Waals surface area contributed by atoms with Gasteiger partial charge in [0.25, 0.3) is 0 Å². The number of hydrogen-bond acceptors (Lipinski definition) is 5. The SMILES string of the molecule is CCCCCC(=O)N1CCC[C@H]1c1nc(-c2cccc(OC)c2)no1. The first kappa shape index (κ1) is 17.5. The quantitative estimate of drug-likeness (QED) is 0.711. The third kappa shape index (κ3) is 4.00. The van der Waals surface area contributed by atoms with Crippen LogP contribution >= 0.6 is 0 Å². The van der Waals surface area contributed by atoms with E-state index in [0.29, 0.717) is 18.1 Å². The Morgan fingerprint density at radius 1 is 1.40 bits per heavy atom. The number of carbonyl (C=O) groups is 1. The molecule has 2 aromatic rings. The molecule has 1 aromatic carbocycles. The van der Waals surface area contributed by atoms with Crippen molar-refractivity contribution in [3.05, 3.63) is 30.2 Å². The van der Waals surface area contributed by atoms with Crippen LogP contribution in [0.5, 0.6) is 5.75 Å². The lowest BCUT2D eigenvalue weighted by Crippen LogP contribution is -2.30. The maximum Gasteiger partial charge on any atom is 0.249 e. The van der Waals surface area contributed by atoms with Crippen LogP contribution in [0.2, 0.25) is 0 Å². The number of rotatable bonds is 7. The molecule has 0 bridgehead atoms. The van der Waals surface area contributed by atoms with E-state index in [4.69, 9.17) is 9.26 Å². The summed E-state index contributed by atoms with van der Waals surface area (Å²) >= 11 is 0. The molecule has 1 aromatic heterocycles. The van der Waals surface area contributed by atoms with E-state index in [1.807, 2.05) is 29.2 Å². The predicted molar refractivity (Wildman–Crippen MR) is 94.1 cm³/mol. The molecule has 6 nitrogen and oxygen atoms in total. The molecule has 2 heterocycles. The fourth-order valence-corrected chi connectivity index (χ4v) is 3.24. The zero-order valence-electron chi connectivity index (χ0n) is 14.9. The molecule has 3 rings (SSSR count). The highest BCUT2D eigenvalue weighted by molar-refractivity contribution is 5.76. The first-order valence-electron chi connectivity index (χ1n) is 9.00. The highest BCUT2D eigenvalue weighted by atomic mass is 16.5. The van der Waals surface area contributed by atoms with Gasteiger partial charge in [-0.05, 0) is 31.4 Å². The Kier molecular flexibility index (Phi) is 5.68. The van der Waals surface area contributed by atoms with Gasteiger partial charge in [0.05, 0.1) is 7.11 Å². The maximum absolute atomic E-state index is 12.5. The minimum absolute atomic E-state index is 0.0963. The normalized spacial score (nSPS) is 17.0. The largest absolute Gasteiger partial charge is 0.497 e. The first-order chi connectivity index (χ1) is 12.2. The van der Waals surface area contributed by atoms with Gasteiger partial charge in [0.15, 0.2) is 0 Å². The van der Waals surface area contributed by atoms with E-state index < -0.39 is 0 Å². The van der Waals surface area contributed by atoms with Crippen LogP contribution in [0.1, 0.15) is 57.4 Å². The maximum atomic E-state index is 12.5. The summed E-state index contributed by atoms with van der Waals surface area (Å²) in [5.41, 5.74) is 0.841. The third-order valence-corrected chi connectivity index (χ3v) is 4.62. The van der Waals surface area contributed by atoms with Crippen LogP contribution in [0.3, 0.4) is 0 Å². The van der Waals surface area contributed by atoms with Gasteiger partial charge in [0.2, 0.25) is 17.6 Å². The first-order valence-corrected chi connectivity index (χ1v) is 9.00. The molecule has 1 amide bonds. The van der Waals surface area contributed by atoms with E-state index >= 15 is 0 Å². The minimum Gasteiger partial charge on any atom is -0.497 e. The monoisotopic (exact) mass is 343 g/mol. The van der Waals surface area contributed by atoms with E-state index in [0.717, 1.165) is 50.0 Å². The Balaban J connectivity index is 1.73. The summed E-state index contributed by atoms with van der Waals surface area (Å²) in [6.07, 6.45) is 5.59. The van der Waals surface area contributed by atoms with Crippen molar-refractivity contribution in [3.8, 4) is 17.1 Å². The lowest BCUT2D eigenvalue weighted by atomic mass is 10.1. The standard InChI is InChI=1S/C19H25N3O3/c1-3-4-5-11-17(23)22-12-7-10-16(22)19-20-18(21-25-19)14-8-6-9-15(13-14)24-2/h6,8-9,13,16H,3-5,7,10-12H2,1-2H3/t16-/m0/s1. The van der Waals surface area contributed by atoms with Crippen LogP contribution < -0.4 is 4.74 Å². The van der Waals surface area contributed by atoms with Crippen molar-refractivity contribution < 1.29 is 14.1 Å². The number of nitrogens with zero attached hydrogens (tertiary/aromatic N) is 3. The van der Waals surface area contributed by atoms with Gasteiger partial charge in [-0.2, -0.15) is 4.98 Å². The van der Waals surface area contributed by atoms with Gasteiger partial charge >= 0.3 is 0 Å². The second-order valence-electron chi connectivity index (χ2n) is 6.39. The molecule has 6 heteroatoms. The Morgan fingerprint density at radius 3 is 3.08 bits per heavy atom. The van der Waals surface area contributed by atoms with Crippen LogP contribution in [0, 0.1) is 0 Å². The Morgan fingerprint density at radius 2 is 2.28 bits per heavy atom. The van der Waals surface area contributed by atoms with E-state index in [9.17, 15) is 4.79 Å². The molecular formula is C19H25N3O3. The second-order valence-corrected chi connectivity index (χ2v) is 6.39. The highest BCUT2D eigenvalue weighted by Crippen LogP contribution is 2.33. The number of hydrogen-bond donors (Lipinski definition) is 0. The predicted octanol–water partition coefficient (Wildman–Crippen LogP) is 3.99. The van der Waals surface area contributed by atoms with E-state index in [-0.39, 0.29) is 11.9 Å². The van der Waals surface area contributed by atoms with Gasteiger partial charge in [-0.3, -0.25) is 4.79 Å². The van der Waals surface area contributed by atoms with Gasteiger partial charge in [-0.1, -0.05) is 37.1 Å². The van der Waals surface area contributed by atoms with Crippen molar-refractivity contribution in [1.29, 1.82) is 0 Å².